The van der Waals surface area contributed by atoms with Crippen LogP contribution in [0.3, 0.4) is 0 Å². The van der Waals surface area contributed by atoms with Gasteiger partial charge in [0.25, 0.3) is 0 Å². The molecule has 2 unspecified atom stereocenters. The lowest BCUT2D eigenvalue weighted by Gasteiger charge is -2.16. The first-order valence-corrected chi connectivity index (χ1v) is 8.00. The molecule has 2 aromatic carbocycles. The van der Waals surface area contributed by atoms with E-state index in [-0.39, 0.29) is 0 Å². The van der Waals surface area contributed by atoms with Crippen LogP contribution in [0.2, 0.25) is 0 Å². The lowest BCUT2D eigenvalue weighted by molar-refractivity contribution is 0.654. The van der Waals surface area contributed by atoms with Crippen molar-refractivity contribution in [2.24, 2.45) is 5.92 Å². The summed E-state index contributed by atoms with van der Waals surface area (Å²) in [5.41, 5.74) is 5.81. The van der Waals surface area contributed by atoms with E-state index in [0.717, 1.165) is 16.7 Å². The van der Waals surface area contributed by atoms with Gasteiger partial charge in [-0.1, -0.05) is 85.5 Å². The zero-order chi connectivity index (χ0) is 15.6. The molecule has 2 aromatic rings. The quantitative estimate of drug-likeness (QED) is 0.858. The van der Waals surface area contributed by atoms with Crippen LogP contribution in [-0.4, -0.2) is 6.04 Å². The van der Waals surface area contributed by atoms with E-state index in [1.165, 1.54) is 11.3 Å². The van der Waals surface area contributed by atoms with E-state index in [1.54, 1.807) is 0 Å². The Morgan fingerprint density at radius 3 is 2.48 bits per heavy atom. The fourth-order valence-corrected chi connectivity index (χ4v) is 3.21. The van der Waals surface area contributed by atoms with Gasteiger partial charge in [0.1, 0.15) is 0 Å². The van der Waals surface area contributed by atoms with Gasteiger partial charge in [-0.05, 0) is 28.3 Å². The summed E-state index contributed by atoms with van der Waals surface area (Å²) < 4.78 is 0. The fraction of sp³-hybridized carbons (Fsp3) is 0.0909. The van der Waals surface area contributed by atoms with Crippen molar-refractivity contribution in [2.75, 3.05) is 0 Å². The second kappa shape index (κ2) is 5.77. The van der Waals surface area contributed by atoms with Gasteiger partial charge < -0.3 is 5.32 Å². The molecule has 23 heavy (non-hydrogen) atoms. The van der Waals surface area contributed by atoms with Gasteiger partial charge in [-0.3, -0.25) is 0 Å². The van der Waals surface area contributed by atoms with Crippen LogP contribution in [-0.2, 0) is 0 Å². The number of fused-ring (bicyclic) bond motifs is 1. The zero-order valence-electron chi connectivity index (χ0n) is 12.9. The molecule has 0 radical (unpaired) electrons. The minimum Gasteiger partial charge on any atom is -0.378 e. The number of rotatable bonds is 3. The van der Waals surface area contributed by atoms with Crippen LogP contribution in [0, 0.1) is 5.92 Å². The summed E-state index contributed by atoms with van der Waals surface area (Å²) in [5, 5.41) is 3.61. The summed E-state index contributed by atoms with van der Waals surface area (Å²) in [4.78, 5) is 0. The van der Waals surface area contributed by atoms with Crippen LogP contribution < -0.4 is 5.32 Å². The molecule has 1 aliphatic heterocycles. The molecule has 2 atom stereocenters. The van der Waals surface area contributed by atoms with E-state index in [9.17, 15) is 0 Å². The Kier molecular flexibility index (Phi) is 3.47. The molecule has 1 N–H and O–H groups in total. The molecule has 0 spiro atoms. The predicted molar refractivity (Wildman–Crippen MR) is 97.7 cm³/mol. The standard InChI is InChI=1S/C22H19N/c1-16(17-8-3-2-4-9-17)18-11-7-12-19(14-18)22-15-20-10-5-6-13-21(20)23-22/h2-15,20-21,23H,1H2. The molecule has 0 saturated carbocycles. The summed E-state index contributed by atoms with van der Waals surface area (Å²) in [5.74, 6) is 0.455. The Balaban J connectivity index is 1.64. The number of allylic oxidation sites excluding steroid dienone is 2. The van der Waals surface area contributed by atoms with Crippen molar-refractivity contribution >= 4 is 11.3 Å². The second-order valence-corrected chi connectivity index (χ2v) is 6.02. The van der Waals surface area contributed by atoms with Gasteiger partial charge in [-0.25, -0.2) is 0 Å². The Labute approximate surface area is 137 Å². The number of nitrogens with one attached hydrogen (secondary N) is 1. The molecular weight excluding hydrogens is 278 g/mol. The van der Waals surface area contributed by atoms with Crippen molar-refractivity contribution in [1.29, 1.82) is 0 Å². The first-order valence-electron chi connectivity index (χ1n) is 8.00. The van der Waals surface area contributed by atoms with Gasteiger partial charge in [0.2, 0.25) is 0 Å². The molecule has 1 heteroatoms. The lowest BCUT2D eigenvalue weighted by Crippen LogP contribution is -2.25. The topological polar surface area (TPSA) is 12.0 Å². The maximum atomic E-state index is 4.27. The highest BCUT2D eigenvalue weighted by atomic mass is 15.0. The Morgan fingerprint density at radius 2 is 1.65 bits per heavy atom. The molecule has 0 saturated heterocycles. The smallest absolute Gasteiger partial charge is 0.0545 e. The van der Waals surface area contributed by atoms with Crippen molar-refractivity contribution < 1.29 is 0 Å². The third kappa shape index (κ3) is 2.66. The zero-order valence-corrected chi connectivity index (χ0v) is 12.9. The molecule has 1 aliphatic carbocycles. The minimum atomic E-state index is 0.385. The molecule has 0 fully saturated rings. The highest BCUT2D eigenvalue weighted by Crippen LogP contribution is 2.30. The average molecular weight is 297 g/mol. The van der Waals surface area contributed by atoms with E-state index < -0.39 is 0 Å². The van der Waals surface area contributed by atoms with Crippen LogP contribution in [0.4, 0.5) is 0 Å². The highest BCUT2D eigenvalue weighted by molar-refractivity contribution is 5.80. The molecule has 1 nitrogen and oxygen atoms in total. The molecule has 1 heterocycles. The Bertz CT molecular complexity index is 824. The van der Waals surface area contributed by atoms with Gasteiger partial charge >= 0.3 is 0 Å². The van der Waals surface area contributed by atoms with Gasteiger partial charge in [-0.2, -0.15) is 0 Å². The summed E-state index contributed by atoms with van der Waals surface area (Å²) >= 11 is 0. The molecule has 0 aromatic heterocycles. The number of benzene rings is 2. The van der Waals surface area contributed by atoms with E-state index in [4.69, 9.17) is 0 Å². The summed E-state index contributed by atoms with van der Waals surface area (Å²) in [6.45, 7) is 4.27. The SMILES string of the molecule is C=C(c1ccccc1)c1cccc(C2=CC3C=CC=CC3N2)c1. The van der Waals surface area contributed by atoms with Crippen molar-refractivity contribution in [3.05, 3.63) is 108 Å². The first kappa shape index (κ1) is 13.8. The molecule has 2 aliphatic rings. The van der Waals surface area contributed by atoms with Crippen LogP contribution in [0.15, 0.2) is 91.6 Å². The van der Waals surface area contributed by atoms with Crippen molar-refractivity contribution in [3.63, 3.8) is 0 Å². The fourth-order valence-electron chi connectivity index (χ4n) is 3.21. The summed E-state index contributed by atoms with van der Waals surface area (Å²) in [6, 6.07) is 19.3. The predicted octanol–water partition coefficient (Wildman–Crippen LogP) is 4.80. The number of hydrogen-bond donors (Lipinski definition) is 1. The average Bonchev–Trinajstić information content (AvgIpc) is 3.06. The van der Waals surface area contributed by atoms with Crippen LogP contribution in [0.25, 0.3) is 11.3 Å². The van der Waals surface area contributed by atoms with E-state index in [1.807, 2.05) is 6.07 Å². The van der Waals surface area contributed by atoms with Gasteiger partial charge in [0.15, 0.2) is 0 Å². The van der Waals surface area contributed by atoms with Gasteiger partial charge in [0.05, 0.1) is 6.04 Å². The normalized spacial score (nSPS) is 21.5. The largest absolute Gasteiger partial charge is 0.378 e. The molecule has 112 valence electrons. The molecular formula is C22H19N. The monoisotopic (exact) mass is 297 g/mol. The molecule has 0 bridgehead atoms. The minimum absolute atomic E-state index is 0.385. The summed E-state index contributed by atoms with van der Waals surface area (Å²) in [6.07, 6.45) is 11.0. The van der Waals surface area contributed by atoms with Crippen molar-refractivity contribution in [2.45, 2.75) is 6.04 Å². The maximum Gasteiger partial charge on any atom is 0.0545 e. The van der Waals surface area contributed by atoms with E-state index in [0.29, 0.717) is 12.0 Å². The third-order valence-electron chi connectivity index (χ3n) is 4.50. The summed E-state index contributed by atoms with van der Waals surface area (Å²) in [7, 11) is 0. The van der Waals surface area contributed by atoms with Crippen LogP contribution in [0.5, 0.6) is 0 Å². The third-order valence-corrected chi connectivity index (χ3v) is 4.50. The molecule has 0 amide bonds. The molecule has 4 rings (SSSR count). The first-order chi connectivity index (χ1) is 11.3. The Hall–Kier alpha value is -2.80. The number of hydrogen-bond acceptors (Lipinski definition) is 1. The van der Waals surface area contributed by atoms with Crippen molar-refractivity contribution in [3.8, 4) is 0 Å². The Morgan fingerprint density at radius 1 is 0.870 bits per heavy atom. The van der Waals surface area contributed by atoms with E-state index in [2.05, 4.69) is 90.8 Å². The van der Waals surface area contributed by atoms with Crippen molar-refractivity contribution in [1.82, 2.24) is 5.32 Å². The highest BCUT2D eigenvalue weighted by Gasteiger charge is 2.24. The van der Waals surface area contributed by atoms with E-state index >= 15 is 0 Å². The van der Waals surface area contributed by atoms with Gasteiger partial charge in [0, 0.05) is 11.6 Å². The van der Waals surface area contributed by atoms with Crippen LogP contribution in [0.1, 0.15) is 16.7 Å². The maximum absolute atomic E-state index is 4.27. The van der Waals surface area contributed by atoms with Crippen LogP contribution >= 0.6 is 0 Å². The van der Waals surface area contributed by atoms with Gasteiger partial charge in [-0.15, -0.1) is 0 Å². The second-order valence-electron chi connectivity index (χ2n) is 6.02. The lowest BCUT2D eigenvalue weighted by atomic mass is 9.96.